The van der Waals surface area contributed by atoms with Crippen molar-refractivity contribution in [2.24, 2.45) is 0 Å². The van der Waals surface area contributed by atoms with E-state index in [0.717, 1.165) is 13.1 Å². The van der Waals surface area contributed by atoms with Crippen molar-refractivity contribution < 1.29 is 4.79 Å². The molecule has 4 nitrogen and oxygen atoms in total. The van der Waals surface area contributed by atoms with Crippen molar-refractivity contribution in [2.75, 3.05) is 19.6 Å². The summed E-state index contributed by atoms with van der Waals surface area (Å²) in [6.07, 6.45) is 2.53. The van der Waals surface area contributed by atoms with Gasteiger partial charge in [-0.15, -0.1) is 0 Å². The number of nitrogens with zero attached hydrogens (tertiary/aromatic N) is 1. The van der Waals surface area contributed by atoms with E-state index < -0.39 is 0 Å². The monoisotopic (exact) mass is 241 g/mol. The molecule has 4 heteroatoms. The highest BCUT2D eigenvalue weighted by molar-refractivity contribution is 5.81. The number of likely N-dealkylation sites (N-methyl/N-ethyl adjacent to an activating group) is 1. The van der Waals surface area contributed by atoms with Crippen LogP contribution in [-0.4, -0.2) is 48.6 Å². The fraction of sp³-hybridized carbons (Fsp3) is 0.923. The van der Waals surface area contributed by atoms with E-state index in [2.05, 4.69) is 22.5 Å². The first kappa shape index (κ1) is 14.5. The van der Waals surface area contributed by atoms with Gasteiger partial charge in [0.2, 0.25) is 5.91 Å². The van der Waals surface area contributed by atoms with Gasteiger partial charge in [0.25, 0.3) is 0 Å². The van der Waals surface area contributed by atoms with Crippen LogP contribution in [0.4, 0.5) is 0 Å². The van der Waals surface area contributed by atoms with E-state index in [9.17, 15) is 4.79 Å². The molecule has 100 valence electrons. The van der Waals surface area contributed by atoms with Crippen LogP contribution in [0.15, 0.2) is 0 Å². The molecule has 0 aromatic heterocycles. The van der Waals surface area contributed by atoms with Crippen LogP contribution in [0.3, 0.4) is 0 Å². The Bertz CT molecular complexity index is 243. The van der Waals surface area contributed by atoms with Crippen LogP contribution in [0.25, 0.3) is 0 Å². The molecule has 1 rings (SSSR count). The van der Waals surface area contributed by atoms with E-state index in [0.29, 0.717) is 6.04 Å². The number of rotatable bonds is 6. The van der Waals surface area contributed by atoms with Gasteiger partial charge in [0, 0.05) is 18.6 Å². The van der Waals surface area contributed by atoms with E-state index in [-0.39, 0.29) is 18.0 Å². The van der Waals surface area contributed by atoms with Gasteiger partial charge in [-0.2, -0.15) is 0 Å². The first-order valence-corrected chi connectivity index (χ1v) is 6.82. The predicted molar refractivity (Wildman–Crippen MR) is 71.0 cm³/mol. The second-order valence-electron chi connectivity index (χ2n) is 5.22. The Kier molecular flexibility index (Phi) is 5.92. The van der Waals surface area contributed by atoms with Crippen LogP contribution in [0.2, 0.25) is 0 Å². The SMILES string of the molecule is CCN1CCCC1CNC(C)C(=O)NC(C)C. The van der Waals surface area contributed by atoms with Crippen LogP contribution in [0.1, 0.15) is 40.5 Å². The van der Waals surface area contributed by atoms with Gasteiger partial charge in [0.05, 0.1) is 6.04 Å². The van der Waals surface area contributed by atoms with E-state index in [1.54, 1.807) is 0 Å². The van der Waals surface area contributed by atoms with Gasteiger partial charge < -0.3 is 10.6 Å². The smallest absolute Gasteiger partial charge is 0.237 e. The Balaban J connectivity index is 2.27. The molecule has 1 amide bonds. The third-order valence-electron chi connectivity index (χ3n) is 3.39. The zero-order chi connectivity index (χ0) is 12.8. The summed E-state index contributed by atoms with van der Waals surface area (Å²) in [4.78, 5) is 14.2. The van der Waals surface area contributed by atoms with Gasteiger partial charge in [-0.25, -0.2) is 0 Å². The molecular formula is C13H27N3O. The maximum Gasteiger partial charge on any atom is 0.237 e. The molecular weight excluding hydrogens is 214 g/mol. The predicted octanol–water partition coefficient (Wildman–Crippen LogP) is 0.973. The number of amides is 1. The van der Waals surface area contributed by atoms with Crippen LogP contribution in [-0.2, 0) is 4.79 Å². The summed E-state index contributed by atoms with van der Waals surface area (Å²) in [5, 5.41) is 6.27. The fourth-order valence-electron chi connectivity index (χ4n) is 2.36. The molecule has 2 N–H and O–H groups in total. The molecule has 2 unspecified atom stereocenters. The average molecular weight is 241 g/mol. The number of likely N-dealkylation sites (tertiary alicyclic amines) is 1. The number of nitrogens with one attached hydrogen (secondary N) is 2. The van der Waals surface area contributed by atoms with Crippen molar-refractivity contribution >= 4 is 5.91 Å². The van der Waals surface area contributed by atoms with Crippen molar-refractivity contribution in [1.82, 2.24) is 15.5 Å². The molecule has 0 spiro atoms. The summed E-state index contributed by atoms with van der Waals surface area (Å²) >= 11 is 0. The second-order valence-corrected chi connectivity index (χ2v) is 5.22. The Morgan fingerprint density at radius 1 is 1.41 bits per heavy atom. The summed E-state index contributed by atoms with van der Waals surface area (Å²) in [7, 11) is 0. The van der Waals surface area contributed by atoms with E-state index in [1.165, 1.54) is 19.4 Å². The lowest BCUT2D eigenvalue weighted by molar-refractivity contribution is -0.123. The lowest BCUT2D eigenvalue weighted by atomic mass is 10.2. The average Bonchev–Trinajstić information content (AvgIpc) is 2.72. The Hall–Kier alpha value is -0.610. The van der Waals surface area contributed by atoms with Gasteiger partial charge in [0.1, 0.15) is 0 Å². The largest absolute Gasteiger partial charge is 0.353 e. The second kappa shape index (κ2) is 6.97. The number of hydrogen-bond acceptors (Lipinski definition) is 3. The fourth-order valence-corrected chi connectivity index (χ4v) is 2.36. The lowest BCUT2D eigenvalue weighted by Gasteiger charge is -2.25. The maximum atomic E-state index is 11.7. The van der Waals surface area contributed by atoms with Crippen molar-refractivity contribution in [3.05, 3.63) is 0 Å². The molecule has 1 heterocycles. The number of carbonyl (C=O) groups excluding carboxylic acids is 1. The zero-order valence-electron chi connectivity index (χ0n) is 11.6. The molecule has 1 aliphatic heterocycles. The van der Waals surface area contributed by atoms with E-state index in [1.807, 2.05) is 20.8 Å². The van der Waals surface area contributed by atoms with Gasteiger partial charge >= 0.3 is 0 Å². The molecule has 0 aromatic rings. The van der Waals surface area contributed by atoms with Crippen LogP contribution < -0.4 is 10.6 Å². The molecule has 0 radical (unpaired) electrons. The zero-order valence-corrected chi connectivity index (χ0v) is 11.6. The quantitative estimate of drug-likeness (QED) is 0.728. The summed E-state index contributed by atoms with van der Waals surface area (Å²) in [6, 6.07) is 0.719. The van der Waals surface area contributed by atoms with Gasteiger partial charge in [-0.05, 0) is 46.7 Å². The van der Waals surface area contributed by atoms with E-state index in [4.69, 9.17) is 0 Å². The highest BCUT2D eigenvalue weighted by Crippen LogP contribution is 2.15. The summed E-state index contributed by atoms with van der Waals surface area (Å²) in [5.41, 5.74) is 0. The molecule has 0 aromatic carbocycles. The highest BCUT2D eigenvalue weighted by atomic mass is 16.2. The minimum Gasteiger partial charge on any atom is -0.353 e. The standard InChI is InChI=1S/C13H27N3O/c1-5-16-8-6-7-12(16)9-14-11(4)13(17)15-10(2)3/h10-12,14H,5-9H2,1-4H3,(H,15,17). The molecule has 0 bridgehead atoms. The molecule has 2 atom stereocenters. The first-order chi connectivity index (χ1) is 8.04. The van der Waals surface area contributed by atoms with Crippen molar-refractivity contribution in [3.8, 4) is 0 Å². The van der Waals surface area contributed by atoms with Crippen molar-refractivity contribution in [2.45, 2.75) is 58.7 Å². The molecule has 1 saturated heterocycles. The van der Waals surface area contributed by atoms with Crippen molar-refractivity contribution in [1.29, 1.82) is 0 Å². The Labute approximate surface area is 105 Å². The highest BCUT2D eigenvalue weighted by Gasteiger charge is 2.24. The Morgan fingerprint density at radius 2 is 2.12 bits per heavy atom. The molecule has 17 heavy (non-hydrogen) atoms. The van der Waals surface area contributed by atoms with Gasteiger partial charge in [0.15, 0.2) is 0 Å². The first-order valence-electron chi connectivity index (χ1n) is 6.82. The summed E-state index contributed by atoms with van der Waals surface area (Å²) in [5.74, 6) is 0.0982. The molecule has 1 aliphatic rings. The summed E-state index contributed by atoms with van der Waals surface area (Å²) < 4.78 is 0. The lowest BCUT2D eigenvalue weighted by Crippen LogP contribution is -2.48. The third kappa shape index (κ3) is 4.64. The number of hydrogen-bond donors (Lipinski definition) is 2. The van der Waals surface area contributed by atoms with Gasteiger partial charge in [-0.3, -0.25) is 9.69 Å². The third-order valence-corrected chi connectivity index (χ3v) is 3.39. The molecule has 1 fully saturated rings. The summed E-state index contributed by atoms with van der Waals surface area (Å²) in [6.45, 7) is 11.3. The van der Waals surface area contributed by atoms with E-state index >= 15 is 0 Å². The van der Waals surface area contributed by atoms with Gasteiger partial charge in [-0.1, -0.05) is 6.92 Å². The number of carbonyl (C=O) groups is 1. The van der Waals surface area contributed by atoms with Crippen LogP contribution in [0.5, 0.6) is 0 Å². The Morgan fingerprint density at radius 3 is 2.71 bits per heavy atom. The van der Waals surface area contributed by atoms with Crippen molar-refractivity contribution in [3.63, 3.8) is 0 Å². The minimum atomic E-state index is -0.100. The normalized spacial score (nSPS) is 23.0. The maximum absolute atomic E-state index is 11.7. The van der Waals surface area contributed by atoms with Crippen LogP contribution >= 0.6 is 0 Å². The molecule has 0 aliphatic carbocycles. The molecule has 0 saturated carbocycles. The van der Waals surface area contributed by atoms with Crippen LogP contribution in [0, 0.1) is 0 Å². The topological polar surface area (TPSA) is 44.4 Å². The minimum absolute atomic E-state index is 0.0982.